The van der Waals surface area contributed by atoms with Crippen molar-refractivity contribution in [2.75, 3.05) is 5.73 Å². The van der Waals surface area contributed by atoms with Gasteiger partial charge in [0.2, 0.25) is 5.95 Å². The summed E-state index contributed by atoms with van der Waals surface area (Å²) in [7, 11) is 0. The van der Waals surface area contributed by atoms with Crippen LogP contribution >= 0.6 is 23.2 Å². The van der Waals surface area contributed by atoms with E-state index in [9.17, 15) is 9.59 Å². The van der Waals surface area contributed by atoms with Crippen molar-refractivity contribution in [2.24, 2.45) is 0 Å². The van der Waals surface area contributed by atoms with Crippen molar-refractivity contribution < 1.29 is 9.90 Å². The zero-order valence-electron chi connectivity index (χ0n) is 11.5. The smallest absolute Gasteiger partial charge is 0.335 e. The van der Waals surface area contributed by atoms with Gasteiger partial charge in [0.25, 0.3) is 5.56 Å². The summed E-state index contributed by atoms with van der Waals surface area (Å²) >= 11 is 11.9. The zero-order chi connectivity index (χ0) is 16.7. The minimum Gasteiger partial charge on any atom is -0.478 e. The van der Waals surface area contributed by atoms with E-state index in [1.165, 1.54) is 36.4 Å². The molecule has 8 heteroatoms. The van der Waals surface area contributed by atoms with Gasteiger partial charge in [-0.2, -0.15) is 0 Å². The summed E-state index contributed by atoms with van der Waals surface area (Å²) in [5.74, 6) is -1.19. The van der Waals surface area contributed by atoms with E-state index < -0.39 is 11.5 Å². The number of carboxylic acid groups (broad SMARTS) is 1. The number of rotatable bonds is 2. The van der Waals surface area contributed by atoms with Gasteiger partial charge in [-0.3, -0.25) is 4.79 Å². The SMILES string of the molecule is Nc1nc2ccc(C(=O)O)cc2c(=O)n1-c1cc(Cl)cc(Cl)c1. The Morgan fingerprint density at radius 1 is 1.13 bits per heavy atom. The Labute approximate surface area is 139 Å². The van der Waals surface area contributed by atoms with Gasteiger partial charge >= 0.3 is 5.97 Å². The number of halogens is 2. The molecule has 2 aromatic carbocycles. The molecule has 116 valence electrons. The molecule has 3 N–H and O–H groups in total. The summed E-state index contributed by atoms with van der Waals surface area (Å²) in [5.41, 5.74) is 6.00. The van der Waals surface area contributed by atoms with E-state index >= 15 is 0 Å². The van der Waals surface area contributed by atoms with E-state index in [-0.39, 0.29) is 16.9 Å². The normalized spacial score (nSPS) is 10.9. The van der Waals surface area contributed by atoms with Crippen LogP contribution in [0.2, 0.25) is 10.0 Å². The van der Waals surface area contributed by atoms with Gasteiger partial charge in [-0.1, -0.05) is 23.2 Å². The lowest BCUT2D eigenvalue weighted by molar-refractivity contribution is 0.0697. The Hall–Kier alpha value is -2.57. The molecular formula is C15H9Cl2N3O3. The van der Waals surface area contributed by atoms with Crippen molar-refractivity contribution in [3.63, 3.8) is 0 Å². The number of aromatic carboxylic acids is 1. The van der Waals surface area contributed by atoms with E-state index in [0.717, 1.165) is 4.57 Å². The number of hydrogen-bond donors (Lipinski definition) is 2. The maximum atomic E-state index is 12.7. The Kier molecular flexibility index (Phi) is 3.71. The van der Waals surface area contributed by atoms with Crippen molar-refractivity contribution in [3.8, 4) is 5.69 Å². The molecule has 0 atom stereocenters. The molecule has 0 aliphatic heterocycles. The first kappa shape index (κ1) is 15.3. The van der Waals surface area contributed by atoms with E-state index in [4.69, 9.17) is 34.0 Å². The van der Waals surface area contributed by atoms with Gasteiger partial charge in [-0.05, 0) is 36.4 Å². The number of fused-ring (bicyclic) bond motifs is 1. The van der Waals surface area contributed by atoms with Crippen molar-refractivity contribution >= 4 is 46.0 Å². The van der Waals surface area contributed by atoms with E-state index in [1.807, 2.05) is 0 Å². The monoisotopic (exact) mass is 349 g/mol. The average Bonchev–Trinajstić information content (AvgIpc) is 2.45. The molecule has 0 spiro atoms. The molecule has 6 nitrogen and oxygen atoms in total. The predicted molar refractivity (Wildman–Crippen MR) is 88.7 cm³/mol. The largest absolute Gasteiger partial charge is 0.478 e. The summed E-state index contributed by atoms with van der Waals surface area (Å²) in [5, 5.41) is 9.86. The summed E-state index contributed by atoms with van der Waals surface area (Å²) < 4.78 is 1.13. The number of hydrogen-bond acceptors (Lipinski definition) is 4. The second kappa shape index (κ2) is 5.57. The molecule has 0 amide bonds. The molecule has 0 fully saturated rings. The minimum atomic E-state index is -1.14. The van der Waals surface area contributed by atoms with E-state index in [0.29, 0.717) is 21.2 Å². The molecule has 0 radical (unpaired) electrons. The number of nitrogens with two attached hydrogens (primary N) is 1. The van der Waals surface area contributed by atoms with Gasteiger partial charge in [0.15, 0.2) is 0 Å². The van der Waals surface area contributed by atoms with Crippen LogP contribution in [0.15, 0.2) is 41.2 Å². The standard InChI is InChI=1S/C15H9Cl2N3O3/c16-8-4-9(17)6-10(5-8)20-13(21)11-3-7(14(22)23)1-2-12(11)19-15(20)18/h1-6H,(H2,18,19)(H,22,23). The Morgan fingerprint density at radius 2 is 1.78 bits per heavy atom. The number of benzene rings is 2. The highest BCUT2D eigenvalue weighted by Gasteiger charge is 2.14. The number of aromatic nitrogens is 2. The van der Waals surface area contributed by atoms with E-state index in [1.54, 1.807) is 0 Å². The van der Waals surface area contributed by atoms with Gasteiger partial charge < -0.3 is 10.8 Å². The van der Waals surface area contributed by atoms with Crippen LogP contribution in [0.4, 0.5) is 5.95 Å². The van der Waals surface area contributed by atoms with Crippen LogP contribution in [-0.4, -0.2) is 20.6 Å². The second-order valence-electron chi connectivity index (χ2n) is 4.78. The first-order chi connectivity index (χ1) is 10.9. The number of carboxylic acids is 1. The summed E-state index contributed by atoms with van der Waals surface area (Å²) in [6.07, 6.45) is 0. The maximum Gasteiger partial charge on any atom is 0.335 e. The van der Waals surface area contributed by atoms with Crippen LogP contribution in [0.3, 0.4) is 0 Å². The van der Waals surface area contributed by atoms with Gasteiger partial charge in [-0.25, -0.2) is 14.3 Å². The topological polar surface area (TPSA) is 98.2 Å². The highest BCUT2D eigenvalue weighted by Crippen LogP contribution is 2.23. The summed E-state index contributed by atoms with van der Waals surface area (Å²) in [6.45, 7) is 0. The third-order valence-electron chi connectivity index (χ3n) is 3.25. The lowest BCUT2D eigenvalue weighted by atomic mass is 10.1. The molecule has 0 aliphatic carbocycles. The van der Waals surface area contributed by atoms with Crippen LogP contribution in [-0.2, 0) is 0 Å². The summed E-state index contributed by atoms with van der Waals surface area (Å²) in [4.78, 5) is 27.9. The van der Waals surface area contributed by atoms with E-state index in [2.05, 4.69) is 4.98 Å². The molecular weight excluding hydrogens is 341 g/mol. The van der Waals surface area contributed by atoms with Gasteiger partial charge in [-0.15, -0.1) is 0 Å². The molecule has 0 aliphatic rings. The lowest BCUT2D eigenvalue weighted by Crippen LogP contribution is -2.23. The molecule has 1 aromatic heterocycles. The van der Waals surface area contributed by atoms with Crippen molar-refractivity contribution in [1.29, 1.82) is 0 Å². The van der Waals surface area contributed by atoms with Crippen molar-refractivity contribution in [2.45, 2.75) is 0 Å². The van der Waals surface area contributed by atoms with Crippen molar-refractivity contribution in [1.82, 2.24) is 9.55 Å². The molecule has 0 unspecified atom stereocenters. The number of carbonyl (C=O) groups is 1. The fourth-order valence-corrected chi connectivity index (χ4v) is 2.77. The van der Waals surface area contributed by atoms with Gasteiger partial charge in [0, 0.05) is 10.0 Å². The maximum absolute atomic E-state index is 12.7. The van der Waals surface area contributed by atoms with Gasteiger partial charge in [0.1, 0.15) is 0 Å². The predicted octanol–water partition coefficient (Wildman–Crippen LogP) is 2.97. The number of anilines is 1. The first-order valence-corrected chi connectivity index (χ1v) is 7.14. The Bertz CT molecular complexity index is 995. The van der Waals surface area contributed by atoms with Crippen LogP contribution in [0, 0.1) is 0 Å². The number of nitrogens with zero attached hydrogens (tertiary/aromatic N) is 2. The summed E-state index contributed by atoms with van der Waals surface area (Å²) in [6, 6.07) is 8.60. The van der Waals surface area contributed by atoms with Crippen LogP contribution in [0.25, 0.3) is 16.6 Å². The molecule has 1 heterocycles. The molecule has 0 saturated carbocycles. The van der Waals surface area contributed by atoms with Crippen LogP contribution in [0.5, 0.6) is 0 Å². The molecule has 0 saturated heterocycles. The number of nitrogen functional groups attached to an aromatic ring is 1. The highest BCUT2D eigenvalue weighted by atomic mass is 35.5. The third kappa shape index (κ3) is 2.74. The average molecular weight is 350 g/mol. The Morgan fingerprint density at radius 3 is 2.39 bits per heavy atom. The first-order valence-electron chi connectivity index (χ1n) is 6.39. The second-order valence-corrected chi connectivity index (χ2v) is 5.65. The highest BCUT2D eigenvalue weighted by molar-refractivity contribution is 6.34. The van der Waals surface area contributed by atoms with Gasteiger partial charge in [0.05, 0.1) is 22.2 Å². The molecule has 3 aromatic rings. The molecule has 23 heavy (non-hydrogen) atoms. The molecule has 3 rings (SSSR count). The quantitative estimate of drug-likeness (QED) is 0.740. The fraction of sp³-hybridized carbons (Fsp3) is 0. The fourth-order valence-electron chi connectivity index (χ4n) is 2.25. The third-order valence-corrected chi connectivity index (χ3v) is 3.68. The van der Waals surface area contributed by atoms with Crippen LogP contribution in [0.1, 0.15) is 10.4 Å². The van der Waals surface area contributed by atoms with Crippen LogP contribution < -0.4 is 11.3 Å². The minimum absolute atomic E-state index is 0.0168. The van der Waals surface area contributed by atoms with Crippen molar-refractivity contribution in [3.05, 3.63) is 62.4 Å². The Balaban J connectivity index is 2.37. The lowest BCUT2D eigenvalue weighted by Gasteiger charge is -2.11. The molecule has 0 bridgehead atoms. The zero-order valence-corrected chi connectivity index (χ0v) is 13.0.